The molecule has 1 amide bonds. The molecule has 0 unspecified atom stereocenters. The summed E-state index contributed by atoms with van der Waals surface area (Å²) in [5, 5.41) is 30.8. The Morgan fingerprint density at radius 3 is 2.48 bits per heavy atom. The van der Waals surface area contributed by atoms with Crippen molar-refractivity contribution >= 4 is 11.9 Å². The number of aliphatic hydroxyl groups is 3. The summed E-state index contributed by atoms with van der Waals surface area (Å²) < 4.78 is 26.8. The number of ether oxygens (including phenoxy) is 5. The summed E-state index contributed by atoms with van der Waals surface area (Å²) in [4.78, 5) is 49.4. The average molecular weight is 473 g/mol. The maximum Gasteiger partial charge on any atom is 0.373 e. The fourth-order valence-electron chi connectivity index (χ4n) is 3.48. The molecule has 2 aliphatic rings. The molecule has 6 N–H and O–H groups in total. The van der Waals surface area contributed by atoms with E-state index in [1.807, 2.05) is 4.98 Å². The van der Waals surface area contributed by atoms with Crippen LogP contribution < -0.4 is 17.0 Å². The lowest BCUT2D eigenvalue weighted by atomic mass is 10.0. The molecule has 2 aliphatic heterocycles. The summed E-state index contributed by atoms with van der Waals surface area (Å²) in [7, 11) is 2.25. The van der Waals surface area contributed by atoms with Crippen molar-refractivity contribution in [1.82, 2.24) is 9.55 Å². The van der Waals surface area contributed by atoms with Crippen molar-refractivity contribution in [2.45, 2.75) is 49.1 Å². The van der Waals surface area contributed by atoms with Crippen LogP contribution in [-0.4, -0.2) is 93.9 Å². The van der Waals surface area contributed by atoms with Crippen molar-refractivity contribution < 1.29 is 48.6 Å². The molecule has 3 rings (SSSR count). The van der Waals surface area contributed by atoms with Crippen LogP contribution in [0.15, 0.2) is 33.7 Å². The zero-order valence-electron chi connectivity index (χ0n) is 17.4. The van der Waals surface area contributed by atoms with Crippen molar-refractivity contribution in [3.63, 3.8) is 0 Å². The second-order valence-electron chi connectivity index (χ2n) is 7.15. The van der Waals surface area contributed by atoms with Gasteiger partial charge in [0.2, 0.25) is 18.0 Å². The highest BCUT2D eigenvalue weighted by molar-refractivity contribution is 5.86. The Kier molecular flexibility index (Phi) is 7.31. The molecule has 0 spiro atoms. The van der Waals surface area contributed by atoms with Crippen molar-refractivity contribution in [2.24, 2.45) is 5.73 Å². The van der Waals surface area contributed by atoms with Crippen LogP contribution in [0.2, 0.25) is 0 Å². The predicted molar refractivity (Wildman–Crippen MR) is 103 cm³/mol. The van der Waals surface area contributed by atoms with E-state index in [-0.39, 0.29) is 0 Å². The molecule has 15 nitrogen and oxygen atoms in total. The molecule has 15 heteroatoms. The summed E-state index contributed by atoms with van der Waals surface area (Å²) in [6.45, 7) is 0. The van der Waals surface area contributed by atoms with E-state index >= 15 is 0 Å². The first-order chi connectivity index (χ1) is 15.6. The van der Waals surface area contributed by atoms with Gasteiger partial charge < -0.3 is 44.7 Å². The van der Waals surface area contributed by atoms with Crippen LogP contribution in [0.3, 0.4) is 0 Å². The number of aromatic amines is 1. The van der Waals surface area contributed by atoms with Gasteiger partial charge in [-0.25, -0.2) is 9.59 Å². The summed E-state index contributed by atoms with van der Waals surface area (Å²) in [5.74, 6) is -2.61. The lowest BCUT2D eigenvalue weighted by Crippen LogP contribution is -2.53. The van der Waals surface area contributed by atoms with Crippen molar-refractivity contribution in [1.29, 1.82) is 0 Å². The van der Waals surface area contributed by atoms with Gasteiger partial charge in [-0.1, -0.05) is 0 Å². The number of esters is 1. The Balaban J connectivity index is 1.88. The Labute approximate surface area is 184 Å². The minimum absolute atomic E-state index is 0.489. The standard InChI is InChI=1S/C18H23N3O12/c1-29-11-10(25)15(21-4-3-8(23)20-18(21)28)32-12(11)13(14(19)26)33-17-9(24)6(22)5-7(31-17)16(27)30-2/h3-6,9-13,15,17,22,24-25H,1-2H3,(H2,19,26)(H,20,23,28)/t6-,9-,10-,11+,12+,13-,15-,17+/m1/s1. The molecule has 33 heavy (non-hydrogen) atoms. The Bertz CT molecular complexity index is 1030. The van der Waals surface area contributed by atoms with E-state index < -0.39 is 78.0 Å². The predicted octanol–water partition coefficient (Wildman–Crippen LogP) is -4.18. The van der Waals surface area contributed by atoms with Crippen LogP contribution in [0.5, 0.6) is 0 Å². The number of aromatic nitrogens is 2. The minimum Gasteiger partial charge on any atom is -0.463 e. The maximum absolute atomic E-state index is 12.2. The highest BCUT2D eigenvalue weighted by atomic mass is 16.7. The highest BCUT2D eigenvalue weighted by Crippen LogP contribution is 2.34. The molecule has 1 aromatic heterocycles. The van der Waals surface area contributed by atoms with E-state index in [0.29, 0.717) is 0 Å². The molecule has 1 fully saturated rings. The summed E-state index contributed by atoms with van der Waals surface area (Å²) in [6.07, 6.45) is -10.6. The van der Waals surface area contributed by atoms with Gasteiger partial charge in [-0.3, -0.25) is 19.1 Å². The van der Waals surface area contributed by atoms with Gasteiger partial charge in [0.1, 0.15) is 30.5 Å². The fourth-order valence-corrected chi connectivity index (χ4v) is 3.48. The number of hydrogen-bond donors (Lipinski definition) is 5. The normalized spacial score (nSPS) is 32.5. The number of rotatable bonds is 7. The van der Waals surface area contributed by atoms with Crippen molar-refractivity contribution in [3.05, 3.63) is 44.9 Å². The van der Waals surface area contributed by atoms with Gasteiger partial charge in [0.25, 0.3) is 5.56 Å². The van der Waals surface area contributed by atoms with E-state index in [2.05, 4.69) is 4.74 Å². The second kappa shape index (κ2) is 9.82. The number of carbonyl (C=O) groups excluding carboxylic acids is 2. The fraction of sp³-hybridized carbons (Fsp3) is 0.556. The van der Waals surface area contributed by atoms with E-state index in [4.69, 9.17) is 24.7 Å². The molecule has 1 aromatic rings. The first-order valence-electron chi connectivity index (χ1n) is 9.54. The van der Waals surface area contributed by atoms with Crippen LogP contribution in [0.4, 0.5) is 0 Å². The summed E-state index contributed by atoms with van der Waals surface area (Å²) in [5.41, 5.74) is 3.84. The van der Waals surface area contributed by atoms with E-state index in [1.165, 1.54) is 7.11 Å². The molecular weight excluding hydrogens is 450 g/mol. The number of primary amides is 1. The third kappa shape index (κ3) is 4.82. The zero-order valence-corrected chi connectivity index (χ0v) is 17.4. The van der Waals surface area contributed by atoms with Gasteiger partial charge in [0.15, 0.2) is 12.3 Å². The smallest absolute Gasteiger partial charge is 0.373 e. The first-order valence-corrected chi connectivity index (χ1v) is 9.54. The monoisotopic (exact) mass is 473 g/mol. The number of hydrogen-bond acceptors (Lipinski definition) is 12. The zero-order chi connectivity index (χ0) is 24.4. The summed E-state index contributed by atoms with van der Waals surface area (Å²) in [6, 6.07) is 1.02. The van der Waals surface area contributed by atoms with Gasteiger partial charge >= 0.3 is 11.7 Å². The van der Waals surface area contributed by atoms with Gasteiger partial charge in [-0.15, -0.1) is 0 Å². The Morgan fingerprint density at radius 1 is 1.21 bits per heavy atom. The van der Waals surface area contributed by atoms with Gasteiger partial charge in [0.05, 0.1) is 7.11 Å². The van der Waals surface area contributed by atoms with Gasteiger partial charge in [-0.05, 0) is 6.08 Å². The molecule has 3 heterocycles. The minimum atomic E-state index is -1.77. The number of carbonyl (C=O) groups is 2. The van der Waals surface area contributed by atoms with Crippen LogP contribution in [0, 0.1) is 0 Å². The number of H-pyrrole nitrogens is 1. The number of nitrogens with two attached hydrogens (primary N) is 1. The molecule has 0 aliphatic carbocycles. The maximum atomic E-state index is 12.2. The van der Waals surface area contributed by atoms with Crippen LogP contribution in [-0.2, 0) is 33.3 Å². The molecule has 0 bridgehead atoms. The number of amides is 1. The molecule has 0 saturated carbocycles. The molecule has 0 aromatic carbocycles. The summed E-state index contributed by atoms with van der Waals surface area (Å²) >= 11 is 0. The first kappa shape index (κ1) is 24.6. The van der Waals surface area contributed by atoms with Crippen LogP contribution in [0.1, 0.15) is 6.23 Å². The largest absolute Gasteiger partial charge is 0.463 e. The molecule has 182 valence electrons. The lowest BCUT2D eigenvalue weighted by Gasteiger charge is -2.34. The number of methoxy groups -OCH3 is 2. The van der Waals surface area contributed by atoms with E-state index in [0.717, 1.165) is 30.0 Å². The quantitative estimate of drug-likeness (QED) is 0.238. The third-order valence-corrected chi connectivity index (χ3v) is 5.09. The SMILES string of the molecule is COC(=O)C1=C[C@@H](O)[C@@H](O)[C@H](O[C@@H](C(N)=O)[C@H]2O[C@@H](n3ccc(=O)[nH]c3=O)[C@H](O)[C@@H]2OC)O1. The number of nitrogens with one attached hydrogen (secondary N) is 1. The Morgan fingerprint density at radius 2 is 1.91 bits per heavy atom. The molecule has 8 atom stereocenters. The van der Waals surface area contributed by atoms with Crippen molar-refractivity contribution in [3.8, 4) is 0 Å². The topological polar surface area (TPSA) is 222 Å². The second-order valence-corrected chi connectivity index (χ2v) is 7.15. The van der Waals surface area contributed by atoms with Gasteiger partial charge in [0, 0.05) is 19.4 Å². The lowest BCUT2D eigenvalue weighted by molar-refractivity contribution is -0.242. The van der Waals surface area contributed by atoms with Crippen molar-refractivity contribution in [2.75, 3.05) is 14.2 Å². The van der Waals surface area contributed by atoms with E-state index in [1.54, 1.807) is 0 Å². The van der Waals surface area contributed by atoms with E-state index in [9.17, 15) is 34.5 Å². The average Bonchev–Trinajstić information content (AvgIpc) is 3.09. The Hall–Kier alpha value is -3.08. The molecule has 1 saturated heterocycles. The van der Waals surface area contributed by atoms with Gasteiger partial charge in [-0.2, -0.15) is 0 Å². The third-order valence-electron chi connectivity index (χ3n) is 5.09. The van der Waals surface area contributed by atoms with Crippen LogP contribution in [0.25, 0.3) is 0 Å². The molecule has 0 radical (unpaired) electrons. The van der Waals surface area contributed by atoms with Crippen LogP contribution >= 0.6 is 0 Å². The number of nitrogens with zero attached hydrogens (tertiary/aromatic N) is 1. The number of aliphatic hydroxyl groups excluding tert-OH is 3. The highest BCUT2D eigenvalue weighted by Gasteiger charge is 2.52. The molecular formula is C18H23N3O12.